The van der Waals surface area contributed by atoms with E-state index in [1.54, 1.807) is 12.4 Å². The lowest BCUT2D eigenvalue weighted by atomic mass is 10.1. The molecule has 180 valence electrons. The number of hydrogen-bond acceptors (Lipinski definition) is 7. The number of nitrogens with one attached hydrogen (secondary N) is 2. The predicted molar refractivity (Wildman–Crippen MR) is 135 cm³/mol. The van der Waals surface area contributed by atoms with Crippen LogP contribution >= 0.6 is 0 Å². The summed E-state index contributed by atoms with van der Waals surface area (Å²) in [5.74, 6) is 1.68. The smallest absolute Gasteiger partial charge is 0.257 e. The number of ether oxygens (including phenoxy) is 1. The summed E-state index contributed by atoms with van der Waals surface area (Å²) < 4.78 is 7.59. The number of aryl methyl sites for hydroxylation is 2. The van der Waals surface area contributed by atoms with Gasteiger partial charge in [-0.3, -0.25) is 9.48 Å². The van der Waals surface area contributed by atoms with Gasteiger partial charge in [-0.1, -0.05) is 12.1 Å². The molecular weight excluding hydrogens is 442 g/mol. The Hall–Kier alpha value is -4.01. The highest BCUT2D eigenvalue weighted by molar-refractivity contribution is 6.04. The Labute approximate surface area is 204 Å². The molecule has 0 aliphatic heterocycles. The monoisotopic (exact) mass is 471 g/mol. The maximum Gasteiger partial charge on any atom is 0.257 e. The maximum absolute atomic E-state index is 12.8. The molecule has 0 bridgehead atoms. The highest BCUT2D eigenvalue weighted by atomic mass is 16.5. The topological polar surface area (TPSA) is 107 Å². The van der Waals surface area contributed by atoms with Crippen LogP contribution in [-0.2, 0) is 6.54 Å². The van der Waals surface area contributed by atoms with E-state index in [9.17, 15) is 4.79 Å². The zero-order valence-corrected chi connectivity index (χ0v) is 20.2. The minimum Gasteiger partial charge on any atom is -0.477 e. The highest BCUT2D eigenvalue weighted by Crippen LogP contribution is 2.30. The summed E-state index contributed by atoms with van der Waals surface area (Å²) in [6.45, 7) is 7.43. The Morgan fingerprint density at radius 3 is 2.86 bits per heavy atom. The zero-order chi connectivity index (χ0) is 24.4. The Balaban J connectivity index is 1.24. The number of anilines is 2. The molecule has 1 aliphatic carbocycles. The van der Waals surface area contributed by atoms with Gasteiger partial charge in [0.1, 0.15) is 11.3 Å². The molecule has 0 radical (unpaired) electrons. The quantitative estimate of drug-likeness (QED) is 0.362. The lowest BCUT2D eigenvalue weighted by molar-refractivity contribution is 0.102. The van der Waals surface area contributed by atoms with Gasteiger partial charge in [-0.2, -0.15) is 5.10 Å². The average molecular weight is 472 g/mol. The molecule has 4 aromatic rings. The molecule has 3 heterocycles. The van der Waals surface area contributed by atoms with E-state index in [1.165, 1.54) is 12.8 Å². The summed E-state index contributed by atoms with van der Waals surface area (Å²) in [7, 11) is 0. The third-order valence-electron chi connectivity index (χ3n) is 6.05. The number of rotatable bonds is 9. The van der Waals surface area contributed by atoms with Gasteiger partial charge in [0.15, 0.2) is 0 Å². The van der Waals surface area contributed by atoms with E-state index in [4.69, 9.17) is 4.74 Å². The molecule has 1 atom stereocenters. The Bertz CT molecular complexity index is 1360. The van der Waals surface area contributed by atoms with E-state index in [0.717, 1.165) is 23.2 Å². The molecule has 5 rings (SSSR count). The molecule has 0 spiro atoms. The normalized spacial score (nSPS) is 14.0. The van der Waals surface area contributed by atoms with E-state index in [1.807, 2.05) is 62.0 Å². The van der Waals surface area contributed by atoms with E-state index < -0.39 is 0 Å². The van der Waals surface area contributed by atoms with E-state index in [-0.39, 0.29) is 11.9 Å². The molecule has 1 aliphatic rings. The van der Waals surface area contributed by atoms with Gasteiger partial charge < -0.3 is 15.4 Å². The van der Waals surface area contributed by atoms with Gasteiger partial charge >= 0.3 is 0 Å². The zero-order valence-electron chi connectivity index (χ0n) is 20.2. The molecule has 35 heavy (non-hydrogen) atoms. The van der Waals surface area contributed by atoms with Crippen molar-refractivity contribution < 1.29 is 9.53 Å². The Kier molecular flexibility index (Phi) is 6.31. The molecule has 1 aromatic carbocycles. The van der Waals surface area contributed by atoms with Gasteiger partial charge in [-0.05, 0) is 63.3 Å². The van der Waals surface area contributed by atoms with Gasteiger partial charge in [0, 0.05) is 24.0 Å². The summed E-state index contributed by atoms with van der Waals surface area (Å²) in [4.78, 5) is 26.2. The van der Waals surface area contributed by atoms with Gasteiger partial charge in [0.25, 0.3) is 5.91 Å². The summed E-state index contributed by atoms with van der Waals surface area (Å²) in [5, 5.41) is 10.8. The van der Waals surface area contributed by atoms with Crippen molar-refractivity contribution >= 4 is 28.6 Å². The standard InChI is InChI=1S/C26H29N7O2/c1-4-33-14-22-24(32-33)31-23(13-27-22)29-17(3)19-6-5-7-21(11-19)30-25(34)20-10-16(2)26(28-12-20)35-15-18-8-9-18/h5-7,10-14,17-18H,4,8-9,15H2,1-3H3,(H,30,34)(H,29,31,32)/t17-/m0/s1. The van der Waals surface area contributed by atoms with Crippen LogP contribution in [0.15, 0.2) is 48.9 Å². The van der Waals surface area contributed by atoms with Crippen LogP contribution in [0.5, 0.6) is 5.88 Å². The van der Waals surface area contributed by atoms with Crippen molar-refractivity contribution in [3.8, 4) is 5.88 Å². The first-order chi connectivity index (χ1) is 17.0. The van der Waals surface area contributed by atoms with Crippen molar-refractivity contribution in [2.24, 2.45) is 5.92 Å². The van der Waals surface area contributed by atoms with Crippen LogP contribution in [0, 0.1) is 12.8 Å². The fraction of sp³-hybridized carbons (Fsp3) is 0.346. The van der Waals surface area contributed by atoms with Crippen molar-refractivity contribution in [3.63, 3.8) is 0 Å². The van der Waals surface area contributed by atoms with Crippen LogP contribution < -0.4 is 15.4 Å². The lowest BCUT2D eigenvalue weighted by Crippen LogP contribution is -2.14. The first kappa shape index (κ1) is 22.8. The number of pyridine rings is 1. The molecule has 9 nitrogen and oxygen atoms in total. The molecule has 1 fully saturated rings. The van der Waals surface area contributed by atoms with Crippen LogP contribution in [0.4, 0.5) is 11.5 Å². The van der Waals surface area contributed by atoms with Crippen LogP contribution in [0.3, 0.4) is 0 Å². The molecular formula is C26H29N7O2. The number of carbonyl (C=O) groups excluding carboxylic acids is 1. The van der Waals surface area contributed by atoms with Gasteiger partial charge in [0.05, 0.1) is 30.6 Å². The Morgan fingerprint density at radius 1 is 1.23 bits per heavy atom. The third kappa shape index (κ3) is 5.40. The maximum atomic E-state index is 12.8. The fourth-order valence-corrected chi connectivity index (χ4v) is 3.79. The third-order valence-corrected chi connectivity index (χ3v) is 6.05. The number of benzene rings is 1. The number of aromatic nitrogens is 5. The second kappa shape index (κ2) is 9.69. The molecule has 2 N–H and O–H groups in total. The van der Waals surface area contributed by atoms with Crippen LogP contribution in [0.1, 0.15) is 54.2 Å². The summed E-state index contributed by atoms with van der Waals surface area (Å²) in [6, 6.07) is 9.49. The SMILES string of the molecule is CCn1cc2ncc(N[C@@H](C)c3cccc(NC(=O)c4cnc(OCC5CC5)c(C)c4)c3)nc2n1. The number of nitrogens with zero attached hydrogens (tertiary/aromatic N) is 5. The van der Waals surface area contributed by atoms with Crippen molar-refractivity contribution in [1.29, 1.82) is 0 Å². The van der Waals surface area contributed by atoms with E-state index >= 15 is 0 Å². The van der Waals surface area contributed by atoms with Crippen molar-refractivity contribution in [2.45, 2.75) is 46.2 Å². The first-order valence-corrected chi connectivity index (χ1v) is 12.0. The van der Waals surface area contributed by atoms with Gasteiger partial charge in [0.2, 0.25) is 11.5 Å². The highest BCUT2D eigenvalue weighted by Gasteiger charge is 2.22. The second-order valence-corrected chi connectivity index (χ2v) is 8.99. The molecule has 0 unspecified atom stereocenters. The molecule has 9 heteroatoms. The number of hydrogen-bond donors (Lipinski definition) is 2. The van der Waals surface area contributed by atoms with Crippen molar-refractivity contribution in [2.75, 3.05) is 17.2 Å². The minimum absolute atomic E-state index is 0.0568. The second-order valence-electron chi connectivity index (χ2n) is 8.99. The van der Waals surface area contributed by atoms with Gasteiger partial charge in [-0.25, -0.2) is 15.0 Å². The first-order valence-electron chi connectivity index (χ1n) is 12.0. The number of fused-ring (bicyclic) bond motifs is 1. The minimum atomic E-state index is -0.213. The average Bonchev–Trinajstić information content (AvgIpc) is 3.60. The van der Waals surface area contributed by atoms with Gasteiger partial charge in [-0.15, -0.1) is 0 Å². The molecule has 1 saturated carbocycles. The summed E-state index contributed by atoms with van der Waals surface area (Å²) >= 11 is 0. The van der Waals surface area contributed by atoms with Crippen LogP contribution in [0.2, 0.25) is 0 Å². The lowest BCUT2D eigenvalue weighted by Gasteiger charge is -2.16. The van der Waals surface area contributed by atoms with Crippen LogP contribution in [-0.4, -0.2) is 37.2 Å². The van der Waals surface area contributed by atoms with Crippen molar-refractivity contribution in [1.82, 2.24) is 24.7 Å². The largest absolute Gasteiger partial charge is 0.477 e. The number of carbonyl (C=O) groups is 1. The van der Waals surface area contributed by atoms with Crippen molar-refractivity contribution in [3.05, 3.63) is 65.6 Å². The predicted octanol–water partition coefficient (Wildman–Crippen LogP) is 4.76. The summed E-state index contributed by atoms with van der Waals surface area (Å²) in [5.41, 5.74) is 4.43. The van der Waals surface area contributed by atoms with Crippen LogP contribution in [0.25, 0.3) is 11.2 Å². The summed E-state index contributed by atoms with van der Waals surface area (Å²) in [6.07, 6.45) is 7.60. The molecule has 3 aromatic heterocycles. The van der Waals surface area contributed by atoms with E-state index in [0.29, 0.717) is 41.1 Å². The number of amides is 1. The van der Waals surface area contributed by atoms with E-state index in [2.05, 4.69) is 30.7 Å². The molecule has 0 saturated heterocycles. The fourth-order valence-electron chi connectivity index (χ4n) is 3.79. The molecule has 1 amide bonds. The Morgan fingerprint density at radius 2 is 2.09 bits per heavy atom.